The van der Waals surface area contributed by atoms with Gasteiger partial charge in [-0.25, -0.2) is 4.79 Å². The Bertz CT molecular complexity index is 972. The first-order chi connectivity index (χ1) is 15.7. The van der Waals surface area contributed by atoms with Crippen LogP contribution in [0.15, 0.2) is 47.0 Å². The predicted octanol–water partition coefficient (Wildman–Crippen LogP) is 7.24. The summed E-state index contributed by atoms with van der Waals surface area (Å²) in [6.07, 6.45) is 8.80. The molecule has 2 N–H and O–H groups in total. The van der Waals surface area contributed by atoms with E-state index in [4.69, 9.17) is 9.26 Å². The van der Waals surface area contributed by atoms with Gasteiger partial charge >= 0.3 is 6.03 Å². The van der Waals surface area contributed by atoms with E-state index < -0.39 is 0 Å². The standard InChI is InChI=1S/C25H33N3O3S/c1-3-4-5-6-7-8-9-17-32-28-25(29)26-24-23-21(11-10-12-22(23)31-27-24)30-18-20-15-13-19(2)14-16-20/h10-16H,3-9,17-18H2,1-2H3,(H2,26,27,28,29). The lowest BCUT2D eigenvalue weighted by molar-refractivity contribution is 0.257. The molecule has 6 nitrogen and oxygen atoms in total. The Morgan fingerprint density at radius 1 is 1.03 bits per heavy atom. The number of hydrogen-bond acceptors (Lipinski definition) is 5. The van der Waals surface area contributed by atoms with Gasteiger partial charge in [-0.1, -0.05) is 86.5 Å². The highest BCUT2D eigenvalue weighted by Gasteiger charge is 2.16. The highest BCUT2D eigenvalue weighted by Crippen LogP contribution is 2.32. The van der Waals surface area contributed by atoms with Crippen molar-refractivity contribution in [2.45, 2.75) is 65.4 Å². The smallest absolute Gasteiger partial charge is 0.330 e. The molecular weight excluding hydrogens is 422 g/mol. The number of ether oxygens (including phenoxy) is 1. The van der Waals surface area contributed by atoms with Crippen molar-refractivity contribution in [1.82, 2.24) is 9.88 Å². The van der Waals surface area contributed by atoms with Gasteiger partial charge in [-0.3, -0.25) is 10.0 Å². The van der Waals surface area contributed by atoms with Crippen molar-refractivity contribution in [2.75, 3.05) is 11.1 Å². The Balaban J connectivity index is 1.47. The lowest BCUT2D eigenvalue weighted by Gasteiger charge is -2.09. The molecule has 2 aromatic carbocycles. The maximum absolute atomic E-state index is 12.3. The number of unbranched alkanes of at least 4 members (excludes halogenated alkanes) is 6. The molecule has 0 aliphatic carbocycles. The molecule has 172 valence electrons. The van der Waals surface area contributed by atoms with Gasteiger partial charge < -0.3 is 9.26 Å². The Morgan fingerprint density at radius 3 is 2.56 bits per heavy atom. The number of anilines is 1. The zero-order valence-corrected chi connectivity index (χ0v) is 19.8. The number of nitrogens with zero attached hydrogens (tertiary/aromatic N) is 1. The highest BCUT2D eigenvalue weighted by molar-refractivity contribution is 7.97. The lowest BCUT2D eigenvalue weighted by atomic mass is 10.1. The van der Waals surface area contributed by atoms with Crippen molar-refractivity contribution in [3.63, 3.8) is 0 Å². The molecule has 0 unspecified atom stereocenters. The average molecular weight is 456 g/mol. The first-order valence-corrected chi connectivity index (χ1v) is 12.4. The van der Waals surface area contributed by atoms with Gasteiger partial charge in [0.1, 0.15) is 17.7 Å². The van der Waals surface area contributed by atoms with E-state index in [2.05, 4.69) is 41.2 Å². The summed E-state index contributed by atoms with van der Waals surface area (Å²) in [7, 11) is 0. The quantitative estimate of drug-likeness (QED) is 0.210. The highest BCUT2D eigenvalue weighted by atomic mass is 32.2. The summed E-state index contributed by atoms with van der Waals surface area (Å²) in [4.78, 5) is 12.3. The third-order valence-electron chi connectivity index (χ3n) is 5.22. The fourth-order valence-corrected chi connectivity index (χ4v) is 4.03. The number of rotatable bonds is 13. The topological polar surface area (TPSA) is 76.4 Å². The van der Waals surface area contributed by atoms with Crippen LogP contribution in [0, 0.1) is 6.92 Å². The van der Waals surface area contributed by atoms with Crippen LogP contribution in [0.5, 0.6) is 5.75 Å². The number of hydrogen-bond donors (Lipinski definition) is 2. The molecular formula is C25H33N3O3S. The number of benzene rings is 2. The molecule has 0 spiro atoms. The summed E-state index contributed by atoms with van der Waals surface area (Å²) in [5.41, 5.74) is 2.84. The molecule has 1 heterocycles. The number of urea groups is 1. The van der Waals surface area contributed by atoms with Gasteiger partial charge in [0, 0.05) is 5.75 Å². The van der Waals surface area contributed by atoms with Crippen LogP contribution in [-0.4, -0.2) is 16.9 Å². The van der Waals surface area contributed by atoms with Crippen LogP contribution in [0.4, 0.5) is 10.6 Å². The maximum atomic E-state index is 12.3. The maximum Gasteiger partial charge on any atom is 0.330 e. The summed E-state index contributed by atoms with van der Waals surface area (Å²) < 4.78 is 14.2. The molecule has 32 heavy (non-hydrogen) atoms. The minimum absolute atomic E-state index is 0.318. The zero-order chi connectivity index (χ0) is 22.6. The van der Waals surface area contributed by atoms with Gasteiger partial charge in [-0.15, -0.1) is 0 Å². The molecule has 0 aliphatic rings. The molecule has 0 fully saturated rings. The van der Waals surface area contributed by atoms with Crippen LogP contribution in [0.3, 0.4) is 0 Å². The van der Waals surface area contributed by atoms with Gasteiger partial charge in [-0.2, -0.15) is 0 Å². The summed E-state index contributed by atoms with van der Waals surface area (Å²) in [6, 6.07) is 13.4. The molecule has 0 bridgehead atoms. The largest absolute Gasteiger partial charge is 0.488 e. The normalized spacial score (nSPS) is 10.9. The summed E-state index contributed by atoms with van der Waals surface area (Å²) >= 11 is 1.42. The fraction of sp³-hybridized carbons (Fsp3) is 0.440. The minimum atomic E-state index is -0.318. The van der Waals surface area contributed by atoms with Crippen molar-refractivity contribution >= 4 is 34.8 Å². The molecule has 0 saturated carbocycles. The first-order valence-electron chi connectivity index (χ1n) is 11.4. The van der Waals surface area contributed by atoms with Crippen molar-refractivity contribution in [3.8, 4) is 5.75 Å². The zero-order valence-electron chi connectivity index (χ0n) is 19.0. The van der Waals surface area contributed by atoms with E-state index >= 15 is 0 Å². The summed E-state index contributed by atoms with van der Waals surface area (Å²) in [5, 5.41) is 7.46. The second kappa shape index (κ2) is 13.0. The van der Waals surface area contributed by atoms with E-state index in [0.29, 0.717) is 29.1 Å². The summed E-state index contributed by atoms with van der Waals surface area (Å²) in [5.74, 6) is 1.87. The molecule has 0 atom stereocenters. The van der Waals surface area contributed by atoms with Crippen LogP contribution in [0.1, 0.15) is 63.0 Å². The van der Waals surface area contributed by atoms with E-state index in [1.807, 2.05) is 24.3 Å². The Kier molecular flexibility index (Phi) is 9.75. The van der Waals surface area contributed by atoms with Crippen LogP contribution < -0.4 is 14.8 Å². The van der Waals surface area contributed by atoms with Crippen LogP contribution in [0.2, 0.25) is 0 Å². The molecule has 0 aliphatic heterocycles. The van der Waals surface area contributed by atoms with Crippen LogP contribution >= 0.6 is 11.9 Å². The number of fused-ring (bicyclic) bond motifs is 1. The number of carbonyl (C=O) groups is 1. The van der Waals surface area contributed by atoms with Crippen LogP contribution in [0.25, 0.3) is 11.0 Å². The van der Waals surface area contributed by atoms with E-state index in [1.165, 1.54) is 56.0 Å². The third-order valence-corrected chi connectivity index (χ3v) is 6.04. The SMILES string of the molecule is CCCCCCCCCSNC(=O)Nc1noc2cccc(OCc3ccc(C)cc3)c12. The van der Waals surface area contributed by atoms with Crippen molar-refractivity contribution in [2.24, 2.45) is 0 Å². The van der Waals surface area contributed by atoms with Crippen LogP contribution in [-0.2, 0) is 6.61 Å². The van der Waals surface area contributed by atoms with E-state index in [1.54, 1.807) is 6.07 Å². The number of carbonyl (C=O) groups excluding carboxylic acids is 1. The lowest BCUT2D eigenvalue weighted by Crippen LogP contribution is -2.23. The first kappa shape index (κ1) is 24.0. The number of aromatic nitrogens is 1. The molecule has 0 saturated heterocycles. The van der Waals surface area contributed by atoms with Crippen molar-refractivity contribution in [1.29, 1.82) is 0 Å². The molecule has 2 amide bonds. The molecule has 7 heteroatoms. The monoisotopic (exact) mass is 455 g/mol. The number of aryl methyl sites for hydroxylation is 1. The minimum Gasteiger partial charge on any atom is -0.488 e. The van der Waals surface area contributed by atoms with Gasteiger partial charge in [0.2, 0.25) is 0 Å². The second-order valence-electron chi connectivity index (χ2n) is 7.96. The van der Waals surface area contributed by atoms with E-state index in [-0.39, 0.29) is 6.03 Å². The Morgan fingerprint density at radius 2 is 1.78 bits per heavy atom. The number of amides is 2. The Hall–Kier alpha value is -2.67. The van der Waals surface area contributed by atoms with Gasteiger partial charge in [0.25, 0.3) is 0 Å². The van der Waals surface area contributed by atoms with Crippen molar-refractivity contribution in [3.05, 3.63) is 53.6 Å². The van der Waals surface area contributed by atoms with E-state index in [9.17, 15) is 4.79 Å². The van der Waals surface area contributed by atoms with E-state index in [0.717, 1.165) is 17.7 Å². The third kappa shape index (κ3) is 7.48. The predicted molar refractivity (Wildman–Crippen MR) is 132 cm³/mol. The second-order valence-corrected chi connectivity index (χ2v) is 8.86. The van der Waals surface area contributed by atoms with Gasteiger partial charge in [0.05, 0.1) is 0 Å². The number of nitrogens with one attached hydrogen (secondary N) is 2. The molecule has 0 radical (unpaired) electrons. The Labute approximate surface area is 194 Å². The fourth-order valence-electron chi connectivity index (χ4n) is 3.39. The summed E-state index contributed by atoms with van der Waals surface area (Å²) in [6.45, 7) is 4.71. The van der Waals surface area contributed by atoms with Gasteiger partial charge in [0.15, 0.2) is 11.4 Å². The molecule has 3 aromatic rings. The molecule has 1 aromatic heterocycles. The van der Waals surface area contributed by atoms with Gasteiger partial charge in [-0.05, 0) is 43.0 Å². The average Bonchev–Trinajstić information content (AvgIpc) is 3.21. The van der Waals surface area contributed by atoms with Crippen molar-refractivity contribution < 1.29 is 14.1 Å². The molecule has 3 rings (SSSR count).